The van der Waals surface area contributed by atoms with Crippen molar-refractivity contribution in [2.24, 2.45) is 0 Å². The summed E-state index contributed by atoms with van der Waals surface area (Å²) in [6.45, 7) is 0.303. The Morgan fingerprint density at radius 3 is 2.61 bits per heavy atom. The van der Waals surface area contributed by atoms with Crippen LogP contribution in [-0.2, 0) is 15.8 Å². The fraction of sp³-hybridized carbons (Fsp3) is 0.500. The number of aliphatic hydroxyl groups is 1. The molecule has 1 atom stereocenters. The molecule has 0 aliphatic carbocycles. The molecule has 0 bridgehead atoms. The topological polar surface area (TPSA) is 57.6 Å². The van der Waals surface area contributed by atoms with E-state index in [4.69, 9.17) is 5.11 Å². The summed E-state index contributed by atoms with van der Waals surface area (Å²) < 4.78 is 38.5. The lowest BCUT2D eigenvalue weighted by Gasteiger charge is -2.22. The van der Waals surface area contributed by atoms with Crippen molar-refractivity contribution in [1.82, 2.24) is 4.31 Å². The second kappa shape index (κ2) is 5.34. The summed E-state index contributed by atoms with van der Waals surface area (Å²) in [4.78, 5) is 0. The highest BCUT2D eigenvalue weighted by molar-refractivity contribution is 7.88. The summed E-state index contributed by atoms with van der Waals surface area (Å²) in [5.41, 5.74) is 0.556. The lowest BCUT2D eigenvalue weighted by Crippen LogP contribution is -2.38. The maximum absolute atomic E-state index is 12.7. The number of sulfonamides is 1. The number of rotatable bonds is 4. The Morgan fingerprint density at radius 2 is 2.00 bits per heavy atom. The Kier molecular flexibility index (Phi) is 3.99. The Balaban J connectivity index is 2.14. The minimum Gasteiger partial charge on any atom is -0.395 e. The minimum atomic E-state index is -3.44. The molecular formula is C12H16FNO3S. The predicted molar refractivity (Wildman–Crippen MR) is 65.8 cm³/mol. The Morgan fingerprint density at radius 1 is 1.33 bits per heavy atom. The first-order valence-corrected chi connectivity index (χ1v) is 7.48. The normalized spacial score (nSPS) is 21.3. The lowest BCUT2D eigenvalue weighted by atomic mass is 10.2. The molecule has 1 fully saturated rings. The summed E-state index contributed by atoms with van der Waals surface area (Å²) in [7, 11) is -3.44. The van der Waals surface area contributed by atoms with E-state index in [1.807, 2.05) is 0 Å². The SMILES string of the molecule is O=S(=O)(Cc1ccc(F)cc1)N1CCCC1CO. The first-order chi connectivity index (χ1) is 8.53. The number of halogens is 1. The van der Waals surface area contributed by atoms with E-state index in [9.17, 15) is 12.8 Å². The zero-order valence-electron chi connectivity index (χ0n) is 9.92. The molecule has 6 heteroatoms. The van der Waals surface area contributed by atoms with E-state index in [0.29, 0.717) is 18.5 Å². The van der Waals surface area contributed by atoms with E-state index in [1.165, 1.54) is 28.6 Å². The molecule has 100 valence electrons. The Bertz CT molecular complexity index is 501. The van der Waals surface area contributed by atoms with Crippen LogP contribution in [0.2, 0.25) is 0 Å². The Labute approximate surface area is 106 Å². The van der Waals surface area contributed by atoms with Crippen LogP contribution in [0.3, 0.4) is 0 Å². The van der Waals surface area contributed by atoms with Gasteiger partial charge in [0.1, 0.15) is 5.82 Å². The van der Waals surface area contributed by atoms with Gasteiger partial charge in [-0.05, 0) is 30.5 Å². The first kappa shape index (κ1) is 13.5. The average Bonchev–Trinajstić information content (AvgIpc) is 2.81. The second-order valence-corrected chi connectivity index (χ2v) is 6.39. The maximum Gasteiger partial charge on any atom is 0.218 e. The second-order valence-electron chi connectivity index (χ2n) is 4.47. The highest BCUT2D eigenvalue weighted by Gasteiger charge is 2.33. The summed E-state index contributed by atoms with van der Waals surface area (Å²) in [6, 6.07) is 5.13. The van der Waals surface area contributed by atoms with Gasteiger partial charge in [-0.1, -0.05) is 12.1 Å². The van der Waals surface area contributed by atoms with Crippen molar-refractivity contribution < 1.29 is 17.9 Å². The van der Waals surface area contributed by atoms with Crippen LogP contribution in [-0.4, -0.2) is 37.0 Å². The van der Waals surface area contributed by atoms with Gasteiger partial charge in [0.05, 0.1) is 12.4 Å². The van der Waals surface area contributed by atoms with Crippen LogP contribution in [0.5, 0.6) is 0 Å². The quantitative estimate of drug-likeness (QED) is 0.894. The van der Waals surface area contributed by atoms with Crippen LogP contribution in [0.1, 0.15) is 18.4 Å². The van der Waals surface area contributed by atoms with E-state index < -0.39 is 10.0 Å². The molecule has 1 heterocycles. The van der Waals surface area contributed by atoms with Gasteiger partial charge in [0.15, 0.2) is 0 Å². The smallest absolute Gasteiger partial charge is 0.218 e. The van der Waals surface area contributed by atoms with Crippen LogP contribution >= 0.6 is 0 Å². The minimum absolute atomic E-state index is 0.149. The molecule has 1 saturated heterocycles. The van der Waals surface area contributed by atoms with Crippen LogP contribution < -0.4 is 0 Å². The van der Waals surface area contributed by atoms with Gasteiger partial charge in [-0.15, -0.1) is 0 Å². The third kappa shape index (κ3) is 2.88. The summed E-state index contributed by atoms with van der Waals surface area (Å²) >= 11 is 0. The van der Waals surface area contributed by atoms with Crippen molar-refractivity contribution in [2.45, 2.75) is 24.6 Å². The fourth-order valence-electron chi connectivity index (χ4n) is 2.23. The van der Waals surface area contributed by atoms with Crippen molar-refractivity contribution in [2.75, 3.05) is 13.2 Å². The third-order valence-electron chi connectivity index (χ3n) is 3.15. The molecule has 0 spiro atoms. The molecule has 0 aromatic heterocycles. The van der Waals surface area contributed by atoms with Crippen molar-refractivity contribution in [3.05, 3.63) is 35.6 Å². The summed E-state index contributed by atoms with van der Waals surface area (Å²) in [6.07, 6.45) is 1.47. The molecule has 1 aromatic carbocycles. The van der Waals surface area contributed by atoms with Crippen molar-refractivity contribution >= 4 is 10.0 Å². The van der Waals surface area contributed by atoms with Gasteiger partial charge in [-0.3, -0.25) is 0 Å². The molecular weight excluding hydrogens is 257 g/mol. The monoisotopic (exact) mass is 273 g/mol. The van der Waals surface area contributed by atoms with Crippen molar-refractivity contribution in [3.63, 3.8) is 0 Å². The number of nitrogens with zero attached hydrogens (tertiary/aromatic N) is 1. The summed E-state index contributed by atoms with van der Waals surface area (Å²) in [5.74, 6) is -0.533. The van der Waals surface area contributed by atoms with Crippen LogP contribution in [0, 0.1) is 5.82 Å². The number of benzene rings is 1. The lowest BCUT2D eigenvalue weighted by molar-refractivity contribution is 0.213. The highest BCUT2D eigenvalue weighted by atomic mass is 32.2. The number of hydrogen-bond acceptors (Lipinski definition) is 3. The van der Waals surface area contributed by atoms with Crippen LogP contribution in [0.25, 0.3) is 0 Å². The van der Waals surface area contributed by atoms with Gasteiger partial charge in [0.25, 0.3) is 0 Å². The molecule has 0 amide bonds. The number of hydrogen-bond donors (Lipinski definition) is 1. The molecule has 2 rings (SSSR count). The number of aliphatic hydroxyl groups excluding tert-OH is 1. The van der Waals surface area contributed by atoms with Gasteiger partial charge < -0.3 is 5.11 Å². The zero-order valence-corrected chi connectivity index (χ0v) is 10.7. The molecule has 1 N–H and O–H groups in total. The van der Waals surface area contributed by atoms with E-state index >= 15 is 0 Å². The van der Waals surface area contributed by atoms with Gasteiger partial charge in [-0.2, -0.15) is 4.31 Å². The van der Waals surface area contributed by atoms with E-state index in [0.717, 1.165) is 6.42 Å². The molecule has 1 unspecified atom stereocenters. The van der Waals surface area contributed by atoms with Crippen LogP contribution in [0.15, 0.2) is 24.3 Å². The predicted octanol–water partition coefficient (Wildman–Crippen LogP) is 1.11. The molecule has 1 aliphatic rings. The first-order valence-electron chi connectivity index (χ1n) is 5.88. The standard InChI is InChI=1S/C12H16FNO3S/c13-11-5-3-10(4-6-11)9-18(16,17)14-7-1-2-12(14)8-15/h3-6,12,15H,1-2,7-9H2. The highest BCUT2D eigenvalue weighted by Crippen LogP contribution is 2.23. The van der Waals surface area contributed by atoms with Gasteiger partial charge in [0.2, 0.25) is 10.0 Å². The summed E-state index contributed by atoms with van der Waals surface area (Å²) in [5, 5.41) is 9.15. The maximum atomic E-state index is 12.7. The van der Waals surface area contributed by atoms with E-state index in [1.54, 1.807) is 0 Å². The van der Waals surface area contributed by atoms with Gasteiger partial charge >= 0.3 is 0 Å². The van der Waals surface area contributed by atoms with Gasteiger partial charge in [-0.25, -0.2) is 12.8 Å². The molecule has 4 nitrogen and oxygen atoms in total. The van der Waals surface area contributed by atoms with Crippen molar-refractivity contribution in [1.29, 1.82) is 0 Å². The third-order valence-corrected chi connectivity index (χ3v) is 5.05. The van der Waals surface area contributed by atoms with E-state index in [2.05, 4.69) is 0 Å². The molecule has 18 heavy (non-hydrogen) atoms. The molecule has 0 saturated carbocycles. The molecule has 0 radical (unpaired) electrons. The van der Waals surface area contributed by atoms with Gasteiger partial charge in [0, 0.05) is 12.6 Å². The average molecular weight is 273 g/mol. The van der Waals surface area contributed by atoms with Crippen molar-refractivity contribution in [3.8, 4) is 0 Å². The molecule has 1 aliphatic heterocycles. The Hall–Kier alpha value is -0.980. The largest absolute Gasteiger partial charge is 0.395 e. The van der Waals surface area contributed by atoms with Crippen LogP contribution in [0.4, 0.5) is 4.39 Å². The fourth-order valence-corrected chi connectivity index (χ4v) is 4.05. The zero-order chi connectivity index (χ0) is 13.2. The molecule has 1 aromatic rings. The van der Waals surface area contributed by atoms with E-state index in [-0.39, 0.29) is 24.2 Å².